The van der Waals surface area contributed by atoms with Gasteiger partial charge in [0.1, 0.15) is 5.75 Å². The van der Waals surface area contributed by atoms with Gasteiger partial charge >= 0.3 is 0 Å². The highest BCUT2D eigenvalue weighted by molar-refractivity contribution is 5.88. The van der Waals surface area contributed by atoms with Crippen LogP contribution in [0.1, 0.15) is 42.0 Å². The summed E-state index contributed by atoms with van der Waals surface area (Å²) in [6, 6.07) is 7.38. The number of ether oxygens (including phenoxy) is 1. The van der Waals surface area contributed by atoms with E-state index in [1.165, 1.54) is 0 Å². The van der Waals surface area contributed by atoms with Crippen molar-refractivity contribution in [2.24, 2.45) is 0 Å². The van der Waals surface area contributed by atoms with Gasteiger partial charge in [0, 0.05) is 5.56 Å². The normalized spacial score (nSPS) is 10.6. The number of aromatic nitrogens is 2. The summed E-state index contributed by atoms with van der Waals surface area (Å²) in [5.74, 6) is -0.409. The topological polar surface area (TPSA) is 67.2 Å². The molecule has 112 valence electrons. The highest BCUT2D eigenvalue weighted by Crippen LogP contribution is 2.22. The van der Waals surface area contributed by atoms with Gasteiger partial charge in [-0.05, 0) is 37.1 Å². The van der Waals surface area contributed by atoms with Crippen molar-refractivity contribution >= 4 is 5.97 Å². The van der Waals surface area contributed by atoms with Crippen LogP contribution in [0.25, 0.3) is 5.69 Å². The molecule has 1 heterocycles. The van der Waals surface area contributed by atoms with Crippen molar-refractivity contribution in [2.75, 3.05) is 7.11 Å². The minimum atomic E-state index is -1.16. The summed E-state index contributed by atoms with van der Waals surface area (Å²) >= 11 is 0. The number of carbonyl (C=O) groups excluding carboxylic acids is 1. The molecule has 0 fully saturated rings. The summed E-state index contributed by atoms with van der Waals surface area (Å²) in [5, 5.41) is 15.9. The zero-order valence-corrected chi connectivity index (χ0v) is 12.5. The Balaban J connectivity index is 2.56. The standard InChI is InChI=1S/C16H20N2O3/c1-4-6-13-15(16(19)20)14(5-2)18(17-13)11-7-9-12(21-3)10-8-11/h7-10H,4-6H2,1-3H3,(H,19,20)/p-1. The molecule has 0 aliphatic rings. The van der Waals surface area contributed by atoms with Crippen LogP contribution >= 0.6 is 0 Å². The Bertz CT molecular complexity index is 630. The minimum Gasteiger partial charge on any atom is -0.545 e. The molecule has 5 heteroatoms. The van der Waals surface area contributed by atoms with Crippen LogP contribution in [0, 0.1) is 0 Å². The maximum atomic E-state index is 11.4. The first-order chi connectivity index (χ1) is 10.1. The van der Waals surface area contributed by atoms with Crippen LogP contribution in [-0.4, -0.2) is 22.9 Å². The largest absolute Gasteiger partial charge is 0.545 e. The maximum absolute atomic E-state index is 11.4. The molecule has 0 radical (unpaired) electrons. The fraction of sp³-hybridized carbons (Fsp3) is 0.375. The van der Waals surface area contributed by atoms with Gasteiger partial charge in [0.15, 0.2) is 0 Å². The van der Waals surface area contributed by atoms with E-state index in [-0.39, 0.29) is 5.56 Å². The summed E-state index contributed by atoms with van der Waals surface area (Å²) in [5.41, 5.74) is 2.31. The van der Waals surface area contributed by atoms with E-state index in [1.54, 1.807) is 11.8 Å². The number of aromatic carboxylic acids is 1. The van der Waals surface area contributed by atoms with E-state index in [9.17, 15) is 9.90 Å². The molecule has 21 heavy (non-hydrogen) atoms. The van der Waals surface area contributed by atoms with E-state index in [0.29, 0.717) is 24.2 Å². The number of carbonyl (C=O) groups is 1. The summed E-state index contributed by atoms with van der Waals surface area (Å²) in [6.45, 7) is 3.91. The predicted octanol–water partition coefficient (Wildman–Crippen LogP) is 1.76. The van der Waals surface area contributed by atoms with Crippen molar-refractivity contribution in [3.63, 3.8) is 0 Å². The SMILES string of the molecule is CCCc1nn(-c2ccc(OC)cc2)c(CC)c1C(=O)[O-]. The second kappa shape index (κ2) is 6.43. The average molecular weight is 287 g/mol. The van der Waals surface area contributed by atoms with Crippen LogP contribution in [0.15, 0.2) is 24.3 Å². The van der Waals surface area contributed by atoms with E-state index in [0.717, 1.165) is 17.9 Å². The van der Waals surface area contributed by atoms with Gasteiger partial charge in [-0.25, -0.2) is 4.68 Å². The van der Waals surface area contributed by atoms with Gasteiger partial charge < -0.3 is 14.6 Å². The molecular formula is C16H19N2O3-. The molecule has 2 rings (SSSR count). The molecule has 1 aromatic heterocycles. The third kappa shape index (κ3) is 2.91. The van der Waals surface area contributed by atoms with Gasteiger partial charge in [0.25, 0.3) is 0 Å². The van der Waals surface area contributed by atoms with E-state index in [2.05, 4.69) is 5.10 Å². The third-order valence-electron chi connectivity index (χ3n) is 3.40. The van der Waals surface area contributed by atoms with E-state index in [4.69, 9.17) is 4.74 Å². The quantitative estimate of drug-likeness (QED) is 0.812. The molecule has 0 spiro atoms. The van der Waals surface area contributed by atoms with Crippen LogP contribution < -0.4 is 9.84 Å². The first-order valence-electron chi connectivity index (χ1n) is 7.08. The molecule has 5 nitrogen and oxygen atoms in total. The lowest BCUT2D eigenvalue weighted by Gasteiger charge is -2.09. The first-order valence-corrected chi connectivity index (χ1v) is 7.08. The van der Waals surface area contributed by atoms with E-state index < -0.39 is 5.97 Å². The highest BCUT2D eigenvalue weighted by atomic mass is 16.5. The Morgan fingerprint density at radius 2 is 1.95 bits per heavy atom. The van der Waals surface area contributed by atoms with Crippen LogP contribution in [0.2, 0.25) is 0 Å². The molecule has 0 saturated heterocycles. The van der Waals surface area contributed by atoms with Crippen molar-refractivity contribution in [2.45, 2.75) is 33.1 Å². The number of carboxylic acid groups (broad SMARTS) is 1. The lowest BCUT2D eigenvalue weighted by Crippen LogP contribution is -2.24. The average Bonchev–Trinajstić information content (AvgIpc) is 2.86. The zero-order chi connectivity index (χ0) is 15.4. The number of hydrogen-bond donors (Lipinski definition) is 0. The lowest BCUT2D eigenvalue weighted by atomic mass is 10.1. The number of hydrogen-bond acceptors (Lipinski definition) is 4. The molecule has 1 aromatic carbocycles. The summed E-state index contributed by atoms with van der Waals surface area (Å²) in [4.78, 5) is 11.4. The molecule has 0 aliphatic carbocycles. The summed E-state index contributed by atoms with van der Waals surface area (Å²) in [6.07, 6.45) is 2.04. The first kappa shape index (κ1) is 15.1. The number of methoxy groups -OCH3 is 1. The van der Waals surface area contributed by atoms with Gasteiger partial charge in [0.2, 0.25) is 0 Å². The second-order valence-corrected chi connectivity index (χ2v) is 4.77. The van der Waals surface area contributed by atoms with Crippen molar-refractivity contribution in [3.8, 4) is 11.4 Å². The molecule has 0 N–H and O–H groups in total. The smallest absolute Gasteiger partial charge is 0.119 e. The van der Waals surface area contributed by atoms with Crippen molar-refractivity contribution in [1.29, 1.82) is 0 Å². The van der Waals surface area contributed by atoms with Crippen molar-refractivity contribution < 1.29 is 14.6 Å². The fourth-order valence-corrected chi connectivity index (χ4v) is 2.41. The fourth-order valence-electron chi connectivity index (χ4n) is 2.41. The summed E-state index contributed by atoms with van der Waals surface area (Å²) in [7, 11) is 1.61. The van der Waals surface area contributed by atoms with Gasteiger partial charge in [0.05, 0.1) is 30.2 Å². The minimum absolute atomic E-state index is 0.232. The van der Waals surface area contributed by atoms with Crippen LogP contribution in [0.4, 0.5) is 0 Å². The van der Waals surface area contributed by atoms with Gasteiger partial charge in [-0.2, -0.15) is 5.10 Å². The Hall–Kier alpha value is -2.30. The van der Waals surface area contributed by atoms with Gasteiger partial charge in [-0.1, -0.05) is 20.3 Å². The number of aryl methyl sites for hydroxylation is 1. The number of nitrogens with zero attached hydrogens (tertiary/aromatic N) is 2. The molecule has 2 aromatic rings. The van der Waals surface area contributed by atoms with E-state index in [1.807, 2.05) is 38.1 Å². The van der Waals surface area contributed by atoms with Gasteiger partial charge in [-0.15, -0.1) is 0 Å². The molecule has 0 amide bonds. The van der Waals surface area contributed by atoms with Gasteiger partial charge in [-0.3, -0.25) is 0 Å². The number of rotatable bonds is 6. The molecule has 0 saturated carbocycles. The van der Waals surface area contributed by atoms with Crippen LogP contribution in [0.5, 0.6) is 5.75 Å². The van der Waals surface area contributed by atoms with E-state index >= 15 is 0 Å². The second-order valence-electron chi connectivity index (χ2n) is 4.77. The molecule has 0 unspecified atom stereocenters. The number of benzene rings is 1. The maximum Gasteiger partial charge on any atom is 0.119 e. The van der Waals surface area contributed by atoms with Crippen molar-refractivity contribution in [3.05, 3.63) is 41.2 Å². The monoisotopic (exact) mass is 287 g/mol. The summed E-state index contributed by atoms with van der Waals surface area (Å²) < 4.78 is 6.82. The zero-order valence-electron chi connectivity index (χ0n) is 12.5. The molecule has 0 bridgehead atoms. The highest BCUT2D eigenvalue weighted by Gasteiger charge is 2.17. The van der Waals surface area contributed by atoms with Crippen LogP contribution in [0.3, 0.4) is 0 Å². The molecule has 0 atom stereocenters. The Kier molecular flexibility index (Phi) is 4.62. The van der Waals surface area contributed by atoms with Crippen molar-refractivity contribution in [1.82, 2.24) is 9.78 Å². The Morgan fingerprint density at radius 1 is 1.29 bits per heavy atom. The Labute approximate surface area is 124 Å². The lowest BCUT2D eigenvalue weighted by molar-refractivity contribution is -0.255. The molecular weight excluding hydrogens is 268 g/mol. The number of carboxylic acids is 1. The predicted molar refractivity (Wildman–Crippen MR) is 77.8 cm³/mol. The molecule has 0 aliphatic heterocycles. The Morgan fingerprint density at radius 3 is 2.43 bits per heavy atom. The van der Waals surface area contributed by atoms with Crippen LogP contribution in [-0.2, 0) is 12.8 Å². The third-order valence-corrected chi connectivity index (χ3v) is 3.40.